The number of rotatable bonds is 7. The first-order chi connectivity index (χ1) is 10.2. The first-order valence-corrected chi connectivity index (χ1v) is 8.33. The van der Waals surface area contributed by atoms with Gasteiger partial charge < -0.3 is 14.8 Å². The predicted molar refractivity (Wildman–Crippen MR) is 93.4 cm³/mol. The van der Waals surface area contributed by atoms with Crippen LogP contribution >= 0.6 is 31.9 Å². The average Bonchev–Trinajstić information content (AvgIpc) is 2.47. The molecule has 112 valence electrons. The topological polar surface area (TPSA) is 30.5 Å². The molecule has 0 saturated carbocycles. The van der Waals surface area contributed by atoms with Crippen molar-refractivity contribution >= 4 is 37.5 Å². The predicted octanol–water partition coefficient (Wildman–Crippen LogP) is 5.10. The fourth-order valence-electron chi connectivity index (χ4n) is 1.82. The Morgan fingerprint density at radius 3 is 2.38 bits per heavy atom. The third-order valence-corrected chi connectivity index (χ3v) is 3.90. The maximum Gasteiger partial charge on any atom is 0.161 e. The lowest BCUT2D eigenvalue weighted by Gasteiger charge is -2.13. The van der Waals surface area contributed by atoms with E-state index in [1.807, 2.05) is 49.4 Å². The van der Waals surface area contributed by atoms with Crippen molar-refractivity contribution in [2.24, 2.45) is 0 Å². The highest BCUT2D eigenvalue weighted by Crippen LogP contribution is 2.27. The Kier molecular flexibility index (Phi) is 6.39. The number of anilines is 1. The minimum atomic E-state index is 0.562. The van der Waals surface area contributed by atoms with Crippen molar-refractivity contribution in [2.45, 2.75) is 6.92 Å². The van der Waals surface area contributed by atoms with Crippen molar-refractivity contribution in [1.29, 1.82) is 0 Å². The highest BCUT2D eigenvalue weighted by molar-refractivity contribution is 9.11. The van der Waals surface area contributed by atoms with Crippen LogP contribution in [0.5, 0.6) is 11.5 Å². The third kappa shape index (κ3) is 4.93. The average molecular weight is 415 g/mol. The quantitative estimate of drug-likeness (QED) is 0.639. The fraction of sp³-hybridized carbons (Fsp3) is 0.250. The van der Waals surface area contributed by atoms with E-state index >= 15 is 0 Å². The molecular weight excluding hydrogens is 398 g/mol. The molecule has 3 nitrogen and oxygen atoms in total. The van der Waals surface area contributed by atoms with E-state index in [1.165, 1.54) is 0 Å². The van der Waals surface area contributed by atoms with E-state index in [4.69, 9.17) is 9.47 Å². The molecule has 0 bridgehead atoms. The summed E-state index contributed by atoms with van der Waals surface area (Å²) in [6.07, 6.45) is 0. The number of benzene rings is 2. The zero-order valence-corrected chi connectivity index (χ0v) is 14.9. The summed E-state index contributed by atoms with van der Waals surface area (Å²) in [5.74, 6) is 1.56. The van der Waals surface area contributed by atoms with E-state index in [2.05, 4.69) is 37.2 Å². The van der Waals surface area contributed by atoms with Crippen molar-refractivity contribution in [1.82, 2.24) is 0 Å². The molecule has 0 heterocycles. The summed E-state index contributed by atoms with van der Waals surface area (Å²) in [6.45, 7) is 3.86. The Balaban J connectivity index is 1.84. The van der Waals surface area contributed by atoms with Gasteiger partial charge in [0.1, 0.15) is 6.61 Å². The van der Waals surface area contributed by atoms with Gasteiger partial charge in [-0.2, -0.15) is 0 Å². The van der Waals surface area contributed by atoms with Gasteiger partial charge in [-0.05, 0) is 53.2 Å². The van der Waals surface area contributed by atoms with Gasteiger partial charge in [-0.25, -0.2) is 0 Å². The molecule has 0 unspecified atom stereocenters. The molecule has 0 aromatic heterocycles. The molecule has 0 radical (unpaired) electrons. The zero-order valence-electron chi connectivity index (χ0n) is 11.7. The van der Waals surface area contributed by atoms with Crippen LogP contribution < -0.4 is 14.8 Å². The van der Waals surface area contributed by atoms with Crippen LogP contribution in [0.15, 0.2) is 51.4 Å². The summed E-state index contributed by atoms with van der Waals surface area (Å²) >= 11 is 6.96. The minimum Gasteiger partial charge on any atom is -0.490 e. The van der Waals surface area contributed by atoms with E-state index in [0.717, 1.165) is 26.1 Å². The van der Waals surface area contributed by atoms with Gasteiger partial charge >= 0.3 is 0 Å². The van der Waals surface area contributed by atoms with Crippen molar-refractivity contribution in [3.8, 4) is 11.5 Å². The molecule has 0 spiro atoms. The molecule has 0 aliphatic rings. The molecule has 0 aliphatic heterocycles. The Bertz CT molecular complexity index is 590. The second-order valence-corrected chi connectivity index (χ2v) is 6.05. The molecule has 21 heavy (non-hydrogen) atoms. The normalized spacial score (nSPS) is 10.2. The number of ether oxygens (including phenoxy) is 2. The largest absolute Gasteiger partial charge is 0.490 e. The number of hydrogen-bond acceptors (Lipinski definition) is 3. The maximum atomic E-state index is 5.76. The summed E-state index contributed by atoms with van der Waals surface area (Å²) in [6, 6.07) is 13.7. The molecule has 5 heteroatoms. The van der Waals surface area contributed by atoms with Crippen LogP contribution in [0.4, 0.5) is 5.69 Å². The van der Waals surface area contributed by atoms with Crippen LogP contribution in [-0.2, 0) is 0 Å². The van der Waals surface area contributed by atoms with Gasteiger partial charge in [0, 0.05) is 21.2 Å². The third-order valence-electron chi connectivity index (χ3n) is 2.76. The van der Waals surface area contributed by atoms with E-state index < -0.39 is 0 Å². The van der Waals surface area contributed by atoms with Gasteiger partial charge in [-0.1, -0.05) is 28.1 Å². The van der Waals surface area contributed by atoms with Crippen molar-refractivity contribution in [3.05, 3.63) is 51.4 Å². The molecule has 0 atom stereocenters. The van der Waals surface area contributed by atoms with Crippen molar-refractivity contribution < 1.29 is 9.47 Å². The smallest absolute Gasteiger partial charge is 0.161 e. The van der Waals surface area contributed by atoms with Crippen LogP contribution in [0.25, 0.3) is 0 Å². The second kappa shape index (κ2) is 8.29. The standard InChI is InChI=1S/C16H17Br2NO2/c1-2-20-15-5-3-4-6-16(15)21-10-9-19-14-8-7-12(17)11-13(14)18/h3-8,11,19H,2,9-10H2,1H3. The molecule has 2 aromatic carbocycles. The lowest BCUT2D eigenvalue weighted by Crippen LogP contribution is -2.12. The Hall–Kier alpha value is -1.20. The molecule has 0 fully saturated rings. The maximum absolute atomic E-state index is 5.76. The van der Waals surface area contributed by atoms with Crippen LogP contribution in [0, 0.1) is 0 Å². The lowest BCUT2D eigenvalue weighted by atomic mass is 10.3. The zero-order chi connectivity index (χ0) is 15.1. The molecular formula is C16H17Br2NO2. The minimum absolute atomic E-state index is 0.562. The highest BCUT2D eigenvalue weighted by atomic mass is 79.9. The Labute approximate surface area is 141 Å². The van der Waals surface area contributed by atoms with E-state index in [0.29, 0.717) is 19.8 Å². The molecule has 2 rings (SSSR count). The van der Waals surface area contributed by atoms with Gasteiger partial charge in [-0.15, -0.1) is 0 Å². The van der Waals surface area contributed by atoms with Crippen LogP contribution in [0.2, 0.25) is 0 Å². The summed E-state index contributed by atoms with van der Waals surface area (Å²) in [5.41, 5.74) is 1.04. The monoisotopic (exact) mass is 413 g/mol. The molecule has 0 aliphatic carbocycles. The van der Waals surface area contributed by atoms with Gasteiger partial charge in [0.2, 0.25) is 0 Å². The van der Waals surface area contributed by atoms with Gasteiger partial charge in [0.25, 0.3) is 0 Å². The van der Waals surface area contributed by atoms with Gasteiger partial charge in [0.15, 0.2) is 11.5 Å². The number of halogens is 2. The van der Waals surface area contributed by atoms with Crippen molar-refractivity contribution in [3.63, 3.8) is 0 Å². The highest BCUT2D eigenvalue weighted by Gasteiger charge is 2.03. The van der Waals surface area contributed by atoms with Crippen molar-refractivity contribution in [2.75, 3.05) is 25.1 Å². The molecule has 2 aromatic rings. The van der Waals surface area contributed by atoms with Gasteiger partial charge in [0.05, 0.1) is 6.61 Å². The summed E-state index contributed by atoms with van der Waals surface area (Å²) in [5, 5.41) is 3.33. The van der Waals surface area contributed by atoms with E-state index in [9.17, 15) is 0 Å². The first-order valence-electron chi connectivity index (χ1n) is 6.74. The molecule has 0 amide bonds. The number of nitrogens with one attached hydrogen (secondary N) is 1. The van der Waals surface area contributed by atoms with E-state index in [-0.39, 0.29) is 0 Å². The van der Waals surface area contributed by atoms with Crippen LogP contribution in [0.1, 0.15) is 6.92 Å². The fourth-order valence-corrected chi connectivity index (χ4v) is 3.01. The number of hydrogen-bond donors (Lipinski definition) is 1. The molecule has 1 N–H and O–H groups in total. The summed E-state index contributed by atoms with van der Waals surface area (Å²) in [4.78, 5) is 0. The number of para-hydroxylation sites is 2. The second-order valence-electron chi connectivity index (χ2n) is 4.28. The first kappa shape index (κ1) is 16.2. The Morgan fingerprint density at radius 2 is 1.71 bits per heavy atom. The SMILES string of the molecule is CCOc1ccccc1OCCNc1ccc(Br)cc1Br. The Morgan fingerprint density at radius 1 is 1.00 bits per heavy atom. The van der Waals surface area contributed by atoms with Crippen LogP contribution in [0.3, 0.4) is 0 Å². The van der Waals surface area contributed by atoms with E-state index in [1.54, 1.807) is 0 Å². The summed E-state index contributed by atoms with van der Waals surface area (Å²) in [7, 11) is 0. The van der Waals surface area contributed by atoms with Gasteiger partial charge in [-0.3, -0.25) is 0 Å². The molecule has 0 saturated heterocycles. The lowest BCUT2D eigenvalue weighted by molar-refractivity contribution is 0.284. The summed E-state index contributed by atoms with van der Waals surface area (Å²) < 4.78 is 13.4. The van der Waals surface area contributed by atoms with Crippen LogP contribution in [-0.4, -0.2) is 19.8 Å².